The van der Waals surface area contributed by atoms with Crippen molar-refractivity contribution < 1.29 is 4.28 Å². The third-order valence-electron chi connectivity index (χ3n) is 1.28. The Labute approximate surface area is 61.5 Å². The topological polar surface area (TPSA) is 21.3 Å². The Morgan fingerprint density at radius 2 is 2.33 bits per heavy atom. The molecular weight excluding hydrogens is 134 g/mol. The smallest absolute Gasteiger partial charge is 0.151 e. The molecule has 0 aliphatic rings. The quantitative estimate of drug-likeness (QED) is 0.272. The highest BCUT2D eigenvalue weighted by Gasteiger charge is 1.97. The molecule has 1 N–H and O–H groups in total. The summed E-state index contributed by atoms with van der Waals surface area (Å²) in [4.78, 5) is 0. The van der Waals surface area contributed by atoms with Gasteiger partial charge in [0, 0.05) is 6.54 Å². The molecule has 0 aromatic carbocycles. The Morgan fingerprint density at radius 3 is 2.78 bits per heavy atom. The lowest BCUT2D eigenvalue weighted by Gasteiger charge is -2.04. The molecular formula is C6H16NOS+. The molecule has 0 aliphatic heterocycles. The molecule has 0 unspecified atom stereocenters. The molecule has 0 bridgehead atoms. The molecule has 0 heterocycles. The van der Waals surface area contributed by atoms with E-state index in [4.69, 9.17) is 4.28 Å². The van der Waals surface area contributed by atoms with Crippen LogP contribution in [-0.2, 0) is 16.3 Å². The van der Waals surface area contributed by atoms with Crippen molar-refractivity contribution in [2.45, 2.75) is 20.3 Å². The van der Waals surface area contributed by atoms with Crippen molar-refractivity contribution in [2.24, 2.45) is 5.92 Å². The third-order valence-corrected chi connectivity index (χ3v) is 1.60. The highest BCUT2D eigenvalue weighted by Crippen LogP contribution is 1.96. The molecule has 0 rings (SSSR count). The first-order valence-electron chi connectivity index (χ1n) is 3.29. The maximum atomic E-state index is 4.93. The largest absolute Gasteiger partial charge is 0.153 e. The van der Waals surface area contributed by atoms with Crippen LogP contribution < -0.4 is 5.48 Å². The van der Waals surface area contributed by atoms with E-state index in [0.717, 1.165) is 18.6 Å². The summed E-state index contributed by atoms with van der Waals surface area (Å²) in [6.45, 7) is 5.33. The molecule has 0 saturated carbocycles. The zero-order chi connectivity index (χ0) is 7.11. The minimum atomic E-state index is 0.715. The fourth-order valence-electron chi connectivity index (χ4n) is 0.388. The van der Waals surface area contributed by atoms with E-state index < -0.39 is 0 Å². The molecule has 0 aliphatic carbocycles. The summed E-state index contributed by atoms with van der Waals surface area (Å²) in [6.07, 6.45) is 3.15. The molecule has 0 radical (unpaired) electrons. The molecule has 0 aromatic heterocycles. The number of hydrogen-bond donors (Lipinski definition) is 1. The normalized spacial score (nSPS) is 13.7. The highest BCUT2D eigenvalue weighted by atomic mass is 32.2. The summed E-state index contributed by atoms with van der Waals surface area (Å²) >= 11 is 0.945. The lowest BCUT2D eigenvalue weighted by molar-refractivity contribution is 0.214. The molecule has 9 heavy (non-hydrogen) atoms. The van der Waals surface area contributed by atoms with Gasteiger partial charge in [-0.25, -0.2) is 0 Å². The summed E-state index contributed by atoms with van der Waals surface area (Å²) < 4.78 is 4.93. The van der Waals surface area contributed by atoms with Crippen molar-refractivity contribution >= 4 is 12.0 Å². The molecule has 2 nitrogen and oxygen atoms in total. The third kappa shape index (κ3) is 6.15. The Hall–Kier alpha value is 0.270. The Balaban J connectivity index is 2.88. The fraction of sp³-hybridized carbons (Fsp3) is 1.00. The summed E-state index contributed by atoms with van der Waals surface area (Å²) in [6, 6.07) is 0. The average Bonchev–Trinajstić information content (AvgIpc) is 1.89. The Morgan fingerprint density at radius 1 is 1.67 bits per heavy atom. The molecule has 0 aromatic rings. The van der Waals surface area contributed by atoms with Gasteiger partial charge in [0.05, 0.1) is 0 Å². The second-order valence-corrected chi connectivity index (χ2v) is 2.68. The molecule has 0 amide bonds. The molecule has 3 heteroatoms. The van der Waals surface area contributed by atoms with Crippen molar-refractivity contribution in [3.05, 3.63) is 0 Å². The maximum absolute atomic E-state index is 4.93. The Kier molecular flexibility index (Phi) is 6.58. The van der Waals surface area contributed by atoms with Crippen molar-refractivity contribution in [1.82, 2.24) is 5.48 Å². The van der Waals surface area contributed by atoms with Gasteiger partial charge >= 0.3 is 0 Å². The van der Waals surface area contributed by atoms with Gasteiger partial charge in [-0.05, 0) is 5.92 Å². The molecule has 0 fully saturated rings. The van der Waals surface area contributed by atoms with Gasteiger partial charge in [-0.1, -0.05) is 24.6 Å². The fourth-order valence-corrected chi connectivity index (χ4v) is 0.592. The predicted molar refractivity (Wildman–Crippen MR) is 43.2 cm³/mol. The lowest BCUT2D eigenvalue weighted by Crippen LogP contribution is -2.20. The number of thiol groups is 1. The van der Waals surface area contributed by atoms with E-state index in [1.807, 2.05) is 6.26 Å². The first kappa shape index (κ1) is 9.27. The second-order valence-electron chi connectivity index (χ2n) is 2.14. The first-order chi connectivity index (χ1) is 4.31. The number of hydroxylamine groups is 1. The summed E-state index contributed by atoms with van der Waals surface area (Å²) in [7, 11) is 0. The highest BCUT2D eigenvalue weighted by molar-refractivity contribution is 7.72. The van der Waals surface area contributed by atoms with Crippen LogP contribution in [0.1, 0.15) is 20.3 Å². The van der Waals surface area contributed by atoms with Gasteiger partial charge in [0.25, 0.3) is 0 Å². The van der Waals surface area contributed by atoms with Gasteiger partial charge in [0.2, 0.25) is 0 Å². The Bertz CT molecular complexity index is 61.0. The summed E-state index contributed by atoms with van der Waals surface area (Å²) in [5, 5.41) is 0. The monoisotopic (exact) mass is 150 g/mol. The van der Waals surface area contributed by atoms with E-state index >= 15 is 0 Å². The van der Waals surface area contributed by atoms with Crippen LogP contribution in [0.25, 0.3) is 0 Å². The second kappa shape index (κ2) is 6.39. The van der Waals surface area contributed by atoms with Crippen molar-refractivity contribution in [2.75, 3.05) is 12.8 Å². The van der Waals surface area contributed by atoms with Gasteiger partial charge in [0.1, 0.15) is 6.26 Å². The lowest BCUT2D eigenvalue weighted by atomic mass is 10.1. The SMILES string of the molecule is CC[C@H](C)CNO[SH+]C. The van der Waals surface area contributed by atoms with Crippen molar-refractivity contribution in [3.63, 3.8) is 0 Å². The average molecular weight is 150 g/mol. The van der Waals surface area contributed by atoms with Crippen LogP contribution in [-0.4, -0.2) is 12.8 Å². The van der Waals surface area contributed by atoms with E-state index in [1.54, 1.807) is 0 Å². The van der Waals surface area contributed by atoms with Crippen molar-refractivity contribution in [1.29, 1.82) is 0 Å². The van der Waals surface area contributed by atoms with Gasteiger partial charge in [-0.2, -0.15) is 5.48 Å². The zero-order valence-corrected chi connectivity index (χ0v) is 7.24. The van der Waals surface area contributed by atoms with Gasteiger partial charge in [0.15, 0.2) is 12.0 Å². The standard InChI is InChI=1S/C6H15NOS/c1-4-6(2)5-7-8-9-3/h6-7H,4-5H2,1-3H3/p+1/t6-/m0/s1. The molecule has 56 valence electrons. The zero-order valence-electron chi connectivity index (χ0n) is 6.35. The van der Waals surface area contributed by atoms with Gasteiger partial charge in [-0.15, -0.1) is 0 Å². The van der Waals surface area contributed by atoms with Crippen LogP contribution >= 0.6 is 0 Å². The van der Waals surface area contributed by atoms with E-state index in [1.165, 1.54) is 6.42 Å². The maximum Gasteiger partial charge on any atom is 0.153 e. The summed E-state index contributed by atoms with van der Waals surface area (Å²) in [5.41, 5.74) is 2.87. The van der Waals surface area contributed by atoms with Gasteiger partial charge < -0.3 is 0 Å². The minimum absolute atomic E-state index is 0.715. The van der Waals surface area contributed by atoms with Crippen LogP contribution in [0.4, 0.5) is 0 Å². The first-order valence-corrected chi connectivity index (χ1v) is 4.55. The van der Waals surface area contributed by atoms with E-state index in [-0.39, 0.29) is 0 Å². The van der Waals surface area contributed by atoms with Crippen LogP contribution in [0.2, 0.25) is 0 Å². The summed E-state index contributed by atoms with van der Waals surface area (Å²) in [5.74, 6) is 0.715. The van der Waals surface area contributed by atoms with Crippen LogP contribution in [0, 0.1) is 5.92 Å². The number of rotatable bonds is 5. The number of nitrogens with one attached hydrogen (secondary N) is 1. The van der Waals surface area contributed by atoms with E-state index in [2.05, 4.69) is 19.3 Å². The molecule has 0 saturated heterocycles. The molecule has 0 spiro atoms. The van der Waals surface area contributed by atoms with Crippen LogP contribution in [0.5, 0.6) is 0 Å². The number of hydrogen-bond acceptors (Lipinski definition) is 2. The molecule has 1 atom stereocenters. The van der Waals surface area contributed by atoms with Crippen molar-refractivity contribution in [3.8, 4) is 0 Å². The van der Waals surface area contributed by atoms with Crippen LogP contribution in [0.3, 0.4) is 0 Å². The minimum Gasteiger partial charge on any atom is -0.151 e. The van der Waals surface area contributed by atoms with Crippen LogP contribution in [0.15, 0.2) is 0 Å². The van der Waals surface area contributed by atoms with Gasteiger partial charge in [-0.3, -0.25) is 0 Å². The predicted octanol–water partition coefficient (Wildman–Crippen LogP) is 0.913. The van der Waals surface area contributed by atoms with E-state index in [0.29, 0.717) is 5.92 Å². The van der Waals surface area contributed by atoms with E-state index in [9.17, 15) is 0 Å².